The van der Waals surface area contributed by atoms with Crippen LogP contribution in [0.4, 0.5) is 0 Å². The van der Waals surface area contributed by atoms with Gasteiger partial charge in [0, 0.05) is 30.5 Å². The first-order valence-electron chi connectivity index (χ1n) is 5.23. The highest BCUT2D eigenvalue weighted by Gasteiger charge is 2.17. The Kier molecular flexibility index (Phi) is 5.33. The van der Waals surface area contributed by atoms with Crippen LogP contribution in [0.25, 0.3) is 0 Å². The zero-order valence-corrected chi connectivity index (χ0v) is 9.55. The van der Waals surface area contributed by atoms with E-state index in [1.54, 1.807) is 0 Å². The van der Waals surface area contributed by atoms with Crippen molar-refractivity contribution in [3.8, 4) is 0 Å². The van der Waals surface area contributed by atoms with Gasteiger partial charge in [-0.1, -0.05) is 0 Å². The summed E-state index contributed by atoms with van der Waals surface area (Å²) in [4.78, 5) is 12.8. The van der Waals surface area contributed by atoms with E-state index in [0.717, 1.165) is 19.4 Å². The van der Waals surface area contributed by atoms with Gasteiger partial charge in [-0.25, -0.2) is 0 Å². The fourth-order valence-corrected chi connectivity index (χ4v) is 2.77. The molecule has 1 aliphatic heterocycles. The van der Waals surface area contributed by atoms with Crippen LogP contribution < -0.4 is 0 Å². The first-order valence-corrected chi connectivity index (χ1v) is 6.39. The number of carboxylic acid groups (broad SMARTS) is 1. The lowest BCUT2D eigenvalue weighted by Gasteiger charge is -2.32. The molecule has 1 saturated heterocycles. The average molecular weight is 217 g/mol. The average Bonchev–Trinajstić information content (AvgIpc) is 2.15. The molecule has 14 heavy (non-hydrogen) atoms. The minimum absolute atomic E-state index is 0.316. The Bertz CT molecular complexity index is 187. The van der Waals surface area contributed by atoms with Crippen molar-refractivity contribution in [3.63, 3.8) is 0 Å². The van der Waals surface area contributed by atoms with E-state index < -0.39 is 5.97 Å². The highest BCUT2D eigenvalue weighted by molar-refractivity contribution is 7.99. The molecule has 1 rings (SSSR count). The predicted octanol–water partition coefficient (Wildman–Crippen LogP) is 1.68. The predicted molar refractivity (Wildman–Crippen MR) is 59.8 cm³/mol. The number of rotatable bonds is 5. The smallest absolute Gasteiger partial charge is 0.303 e. The van der Waals surface area contributed by atoms with Gasteiger partial charge in [0.2, 0.25) is 0 Å². The minimum atomic E-state index is -0.674. The Hall–Kier alpha value is -0.220. The van der Waals surface area contributed by atoms with Crippen LogP contribution in [0.15, 0.2) is 0 Å². The van der Waals surface area contributed by atoms with E-state index in [4.69, 9.17) is 5.11 Å². The molecule has 1 atom stereocenters. The highest BCUT2D eigenvalue weighted by atomic mass is 32.2. The van der Waals surface area contributed by atoms with Gasteiger partial charge in [0.1, 0.15) is 0 Å². The van der Waals surface area contributed by atoms with Crippen molar-refractivity contribution < 1.29 is 9.90 Å². The largest absolute Gasteiger partial charge is 0.481 e. The van der Waals surface area contributed by atoms with Crippen molar-refractivity contribution in [2.45, 2.75) is 32.2 Å². The summed E-state index contributed by atoms with van der Waals surface area (Å²) in [6, 6.07) is 0.665. The minimum Gasteiger partial charge on any atom is -0.481 e. The molecular formula is C10H19NO2S. The molecular weight excluding hydrogens is 198 g/mol. The maximum absolute atomic E-state index is 10.3. The standard InChI is InChI=1S/C10H19NO2S/c1-9-8-14-7-6-11(9)5-3-2-4-10(12)13/h9H,2-8H2,1H3,(H,12,13). The van der Waals surface area contributed by atoms with Crippen molar-refractivity contribution in [1.82, 2.24) is 4.90 Å². The maximum atomic E-state index is 10.3. The number of carbonyl (C=O) groups is 1. The van der Waals surface area contributed by atoms with E-state index in [1.165, 1.54) is 18.1 Å². The van der Waals surface area contributed by atoms with Crippen LogP contribution in [0.3, 0.4) is 0 Å². The zero-order chi connectivity index (χ0) is 10.4. The molecule has 82 valence electrons. The molecule has 1 fully saturated rings. The molecule has 0 aliphatic carbocycles. The Morgan fingerprint density at radius 2 is 2.36 bits per heavy atom. The van der Waals surface area contributed by atoms with Crippen molar-refractivity contribution in [2.75, 3.05) is 24.6 Å². The van der Waals surface area contributed by atoms with Crippen LogP contribution >= 0.6 is 11.8 Å². The van der Waals surface area contributed by atoms with E-state index in [9.17, 15) is 4.79 Å². The van der Waals surface area contributed by atoms with Crippen LogP contribution in [-0.4, -0.2) is 46.6 Å². The molecule has 0 aromatic carbocycles. The quantitative estimate of drug-likeness (QED) is 0.711. The van der Waals surface area contributed by atoms with Crippen LogP contribution in [0.5, 0.6) is 0 Å². The molecule has 1 aliphatic rings. The molecule has 0 radical (unpaired) electrons. The van der Waals surface area contributed by atoms with E-state index in [2.05, 4.69) is 11.8 Å². The van der Waals surface area contributed by atoms with Crippen LogP contribution in [0.2, 0.25) is 0 Å². The molecule has 0 bridgehead atoms. The number of hydrogen-bond acceptors (Lipinski definition) is 3. The SMILES string of the molecule is CC1CSCCN1CCCCC(=O)O. The summed E-state index contributed by atoms with van der Waals surface area (Å²) in [7, 11) is 0. The fraction of sp³-hybridized carbons (Fsp3) is 0.900. The van der Waals surface area contributed by atoms with Gasteiger partial charge >= 0.3 is 5.97 Å². The summed E-state index contributed by atoms with van der Waals surface area (Å²) in [6.07, 6.45) is 2.14. The van der Waals surface area contributed by atoms with Crippen molar-refractivity contribution >= 4 is 17.7 Å². The summed E-state index contributed by atoms with van der Waals surface area (Å²) >= 11 is 2.02. The van der Waals surface area contributed by atoms with Gasteiger partial charge in [0.05, 0.1) is 0 Å². The van der Waals surface area contributed by atoms with E-state index in [-0.39, 0.29) is 0 Å². The molecule has 3 nitrogen and oxygen atoms in total. The first-order chi connectivity index (χ1) is 6.70. The van der Waals surface area contributed by atoms with Gasteiger partial charge in [0.25, 0.3) is 0 Å². The van der Waals surface area contributed by atoms with E-state index >= 15 is 0 Å². The lowest BCUT2D eigenvalue weighted by atomic mass is 10.2. The second kappa shape index (κ2) is 6.30. The van der Waals surface area contributed by atoms with Gasteiger partial charge in [-0.15, -0.1) is 0 Å². The van der Waals surface area contributed by atoms with Gasteiger partial charge < -0.3 is 5.11 Å². The summed E-state index contributed by atoms with van der Waals surface area (Å²) < 4.78 is 0. The number of hydrogen-bond donors (Lipinski definition) is 1. The molecule has 1 unspecified atom stereocenters. The second-order valence-electron chi connectivity index (χ2n) is 3.81. The van der Waals surface area contributed by atoms with Gasteiger partial charge in [-0.2, -0.15) is 11.8 Å². The fourth-order valence-electron chi connectivity index (χ4n) is 1.68. The third kappa shape index (κ3) is 4.33. The van der Waals surface area contributed by atoms with E-state index in [1.807, 2.05) is 11.8 Å². The number of aliphatic carboxylic acids is 1. The summed E-state index contributed by atoms with van der Waals surface area (Å²) in [5.41, 5.74) is 0. The molecule has 0 spiro atoms. The van der Waals surface area contributed by atoms with Crippen LogP contribution in [-0.2, 0) is 4.79 Å². The third-order valence-electron chi connectivity index (χ3n) is 2.59. The maximum Gasteiger partial charge on any atom is 0.303 e. The van der Waals surface area contributed by atoms with E-state index in [0.29, 0.717) is 12.5 Å². The number of nitrogens with zero attached hydrogens (tertiary/aromatic N) is 1. The summed E-state index contributed by atoms with van der Waals surface area (Å²) in [5.74, 6) is 1.77. The van der Waals surface area contributed by atoms with Crippen LogP contribution in [0.1, 0.15) is 26.2 Å². The Balaban J connectivity index is 2.07. The van der Waals surface area contributed by atoms with Gasteiger partial charge in [-0.3, -0.25) is 9.69 Å². The number of carboxylic acids is 1. The van der Waals surface area contributed by atoms with Crippen LogP contribution in [0, 0.1) is 0 Å². The molecule has 0 aromatic rings. The molecule has 0 amide bonds. The second-order valence-corrected chi connectivity index (χ2v) is 4.96. The normalized spacial score (nSPS) is 23.6. The van der Waals surface area contributed by atoms with Gasteiger partial charge in [0.15, 0.2) is 0 Å². The number of thioether (sulfide) groups is 1. The topological polar surface area (TPSA) is 40.5 Å². The van der Waals surface area contributed by atoms with Crippen molar-refractivity contribution in [1.29, 1.82) is 0 Å². The lowest BCUT2D eigenvalue weighted by Crippen LogP contribution is -2.40. The summed E-state index contributed by atoms with van der Waals surface area (Å²) in [5, 5.41) is 8.49. The lowest BCUT2D eigenvalue weighted by molar-refractivity contribution is -0.137. The summed E-state index contributed by atoms with van der Waals surface area (Å²) in [6.45, 7) is 4.48. The molecule has 0 saturated carbocycles. The first kappa shape index (κ1) is 11.9. The van der Waals surface area contributed by atoms with Crippen molar-refractivity contribution in [2.24, 2.45) is 0 Å². The highest BCUT2D eigenvalue weighted by Crippen LogP contribution is 2.16. The Morgan fingerprint density at radius 3 is 3.00 bits per heavy atom. The Morgan fingerprint density at radius 1 is 1.57 bits per heavy atom. The molecule has 4 heteroatoms. The van der Waals surface area contributed by atoms with Crippen molar-refractivity contribution in [3.05, 3.63) is 0 Å². The number of unbranched alkanes of at least 4 members (excludes halogenated alkanes) is 1. The third-order valence-corrected chi connectivity index (χ3v) is 3.78. The zero-order valence-electron chi connectivity index (χ0n) is 8.74. The Labute approximate surface area is 89.9 Å². The van der Waals surface area contributed by atoms with Gasteiger partial charge in [-0.05, 0) is 26.3 Å². The molecule has 0 aromatic heterocycles. The molecule has 1 N–H and O–H groups in total. The monoisotopic (exact) mass is 217 g/mol. The molecule has 1 heterocycles.